The number of hydrogen-bond donors (Lipinski definition) is 0. The summed E-state index contributed by atoms with van der Waals surface area (Å²) in [6.45, 7) is 2.09. The molecular weight excluding hydrogens is 212 g/mol. The Morgan fingerprint density at radius 1 is 1.35 bits per heavy atom. The van der Waals surface area contributed by atoms with Crippen molar-refractivity contribution in [3.05, 3.63) is 29.3 Å². The minimum absolute atomic E-state index is 0.291. The Balaban J connectivity index is 2.45. The summed E-state index contributed by atoms with van der Waals surface area (Å²) in [4.78, 5) is 16.7. The molecule has 3 nitrogen and oxygen atoms in total. The number of carbonyl (C=O) groups excluding carboxylic acids is 1. The molecule has 0 radical (unpaired) electrons. The van der Waals surface area contributed by atoms with Gasteiger partial charge >= 0.3 is 0 Å². The summed E-state index contributed by atoms with van der Waals surface area (Å²) in [5.41, 5.74) is 3.28. The van der Waals surface area contributed by atoms with Gasteiger partial charge in [0.2, 0.25) is 6.08 Å². The van der Waals surface area contributed by atoms with Crippen LogP contribution in [0.2, 0.25) is 0 Å². The third kappa shape index (κ3) is 1.98. The molecule has 0 aliphatic heterocycles. The van der Waals surface area contributed by atoms with Gasteiger partial charge in [-0.3, -0.25) is 0 Å². The van der Waals surface area contributed by atoms with Crippen LogP contribution in [0.25, 0.3) is 0 Å². The van der Waals surface area contributed by atoms with Crippen LogP contribution in [0.3, 0.4) is 0 Å². The van der Waals surface area contributed by atoms with Crippen molar-refractivity contribution in [1.29, 1.82) is 0 Å². The fraction of sp³-hybridized carbons (Fsp3) is 0.500. The Morgan fingerprint density at radius 3 is 2.53 bits per heavy atom. The molecule has 0 aromatic heterocycles. The molecule has 1 saturated carbocycles. The van der Waals surface area contributed by atoms with Gasteiger partial charge in [0, 0.05) is 19.8 Å². The third-order valence-electron chi connectivity index (χ3n) is 3.67. The molecular formula is C14H18N2O. The van der Waals surface area contributed by atoms with E-state index in [0.29, 0.717) is 0 Å². The van der Waals surface area contributed by atoms with Crippen LogP contribution in [0, 0.1) is 6.92 Å². The molecule has 17 heavy (non-hydrogen) atoms. The summed E-state index contributed by atoms with van der Waals surface area (Å²) >= 11 is 0. The molecule has 1 fully saturated rings. The number of aliphatic imine (C=N–C) groups is 1. The number of rotatable bonds is 3. The zero-order valence-electron chi connectivity index (χ0n) is 10.7. The van der Waals surface area contributed by atoms with Crippen LogP contribution in [0.1, 0.15) is 30.4 Å². The van der Waals surface area contributed by atoms with Gasteiger partial charge in [0.15, 0.2) is 0 Å². The van der Waals surface area contributed by atoms with Crippen molar-refractivity contribution in [3.63, 3.8) is 0 Å². The van der Waals surface area contributed by atoms with Crippen LogP contribution >= 0.6 is 0 Å². The van der Waals surface area contributed by atoms with Crippen LogP contribution in [0.15, 0.2) is 23.2 Å². The third-order valence-corrected chi connectivity index (χ3v) is 3.67. The van der Waals surface area contributed by atoms with Crippen molar-refractivity contribution in [2.45, 2.75) is 31.7 Å². The normalized spacial score (nSPS) is 16.9. The summed E-state index contributed by atoms with van der Waals surface area (Å²) in [5, 5.41) is 0. The Morgan fingerprint density at radius 2 is 2.06 bits per heavy atom. The van der Waals surface area contributed by atoms with E-state index in [9.17, 15) is 4.79 Å². The average Bonchev–Trinajstić information content (AvgIpc) is 2.24. The summed E-state index contributed by atoms with van der Waals surface area (Å²) in [7, 11) is 4.06. The predicted molar refractivity (Wildman–Crippen MR) is 69.2 cm³/mol. The number of nitrogens with zero attached hydrogens (tertiary/aromatic N) is 2. The average molecular weight is 230 g/mol. The van der Waals surface area contributed by atoms with Crippen molar-refractivity contribution in [2.75, 3.05) is 19.0 Å². The van der Waals surface area contributed by atoms with Crippen molar-refractivity contribution in [2.24, 2.45) is 4.99 Å². The lowest BCUT2D eigenvalue weighted by molar-refractivity contribution is 0.256. The second-order valence-corrected chi connectivity index (χ2v) is 4.98. The molecule has 0 heterocycles. The molecule has 0 atom stereocenters. The highest BCUT2D eigenvalue weighted by atomic mass is 16.1. The summed E-state index contributed by atoms with van der Waals surface area (Å²) in [5.74, 6) is 0. The molecule has 1 aromatic rings. The van der Waals surface area contributed by atoms with Crippen LogP contribution in [-0.4, -0.2) is 20.2 Å². The number of aryl methyl sites for hydroxylation is 1. The molecule has 0 unspecified atom stereocenters. The first kappa shape index (κ1) is 11.9. The molecule has 1 aliphatic rings. The monoisotopic (exact) mass is 230 g/mol. The Bertz CT molecular complexity index is 469. The predicted octanol–water partition coefficient (Wildman–Crippen LogP) is 2.78. The van der Waals surface area contributed by atoms with Gasteiger partial charge in [-0.1, -0.05) is 12.1 Å². The smallest absolute Gasteiger partial charge is 0.235 e. The van der Waals surface area contributed by atoms with Crippen molar-refractivity contribution >= 4 is 11.8 Å². The quantitative estimate of drug-likeness (QED) is 0.591. The largest absolute Gasteiger partial charge is 0.377 e. The van der Waals surface area contributed by atoms with Crippen LogP contribution in [0.5, 0.6) is 0 Å². The molecule has 0 spiro atoms. The van der Waals surface area contributed by atoms with Crippen LogP contribution < -0.4 is 4.90 Å². The Labute approximate surface area is 102 Å². The minimum Gasteiger partial charge on any atom is -0.377 e. The topological polar surface area (TPSA) is 32.7 Å². The van der Waals surface area contributed by atoms with E-state index in [1.54, 1.807) is 6.08 Å². The van der Waals surface area contributed by atoms with E-state index in [4.69, 9.17) is 0 Å². The van der Waals surface area contributed by atoms with Crippen molar-refractivity contribution in [1.82, 2.24) is 0 Å². The lowest BCUT2D eigenvalue weighted by Crippen LogP contribution is -2.32. The maximum atomic E-state index is 10.6. The van der Waals surface area contributed by atoms with Gasteiger partial charge in [-0.2, -0.15) is 4.99 Å². The number of hydrogen-bond acceptors (Lipinski definition) is 3. The SMILES string of the molecule is Cc1ccc(C2(N=C=O)CCC2)cc1N(C)C. The zero-order valence-corrected chi connectivity index (χ0v) is 10.7. The molecule has 2 rings (SSSR count). The number of benzene rings is 1. The van der Waals surface area contributed by atoms with Crippen LogP contribution in [0.4, 0.5) is 5.69 Å². The second kappa shape index (κ2) is 4.34. The van der Waals surface area contributed by atoms with E-state index < -0.39 is 0 Å². The van der Waals surface area contributed by atoms with Gasteiger partial charge in [0.1, 0.15) is 0 Å². The highest BCUT2D eigenvalue weighted by Crippen LogP contribution is 2.45. The van der Waals surface area contributed by atoms with Gasteiger partial charge in [-0.25, -0.2) is 4.79 Å². The van der Waals surface area contributed by atoms with Gasteiger partial charge in [0.25, 0.3) is 0 Å². The fourth-order valence-electron chi connectivity index (χ4n) is 2.44. The maximum Gasteiger partial charge on any atom is 0.235 e. The highest BCUT2D eigenvalue weighted by molar-refractivity contribution is 5.56. The number of anilines is 1. The molecule has 0 amide bonds. The van der Waals surface area contributed by atoms with E-state index in [-0.39, 0.29) is 5.54 Å². The first-order chi connectivity index (χ1) is 8.09. The fourth-order valence-corrected chi connectivity index (χ4v) is 2.44. The van der Waals surface area contributed by atoms with Crippen molar-refractivity contribution in [3.8, 4) is 0 Å². The first-order valence-corrected chi connectivity index (χ1v) is 5.96. The Hall–Kier alpha value is -1.60. The minimum atomic E-state index is -0.291. The highest BCUT2D eigenvalue weighted by Gasteiger charge is 2.39. The molecule has 0 saturated heterocycles. The molecule has 1 aliphatic carbocycles. The van der Waals surface area contributed by atoms with Crippen LogP contribution in [-0.2, 0) is 10.3 Å². The second-order valence-electron chi connectivity index (χ2n) is 4.98. The van der Waals surface area contributed by atoms with Crippen molar-refractivity contribution < 1.29 is 4.79 Å². The van der Waals surface area contributed by atoms with E-state index in [2.05, 4.69) is 35.0 Å². The maximum absolute atomic E-state index is 10.6. The summed E-state index contributed by atoms with van der Waals surface area (Å²) in [6.07, 6.45) is 4.78. The molecule has 1 aromatic carbocycles. The van der Waals surface area contributed by atoms with Gasteiger partial charge < -0.3 is 4.90 Å². The van der Waals surface area contributed by atoms with E-state index in [1.807, 2.05) is 14.1 Å². The first-order valence-electron chi connectivity index (χ1n) is 5.96. The van der Waals surface area contributed by atoms with Gasteiger partial charge in [0.05, 0.1) is 5.54 Å². The molecule has 3 heteroatoms. The summed E-state index contributed by atoms with van der Waals surface area (Å²) < 4.78 is 0. The van der Waals surface area contributed by atoms with E-state index in [1.165, 1.54) is 11.3 Å². The lowest BCUT2D eigenvalue weighted by Gasteiger charge is -2.37. The van der Waals surface area contributed by atoms with E-state index >= 15 is 0 Å². The zero-order chi connectivity index (χ0) is 12.5. The summed E-state index contributed by atoms with van der Waals surface area (Å²) in [6, 6.07) is 6.34. The standard InChI is InChI=1S/C14H18N2O/c1-11-5-6-12(9-13(11)16(2)3)14(15-10-17)7-4-8-14/h5-6,9H,4,7-8H2,1-3H3. The number of isocyanates is 1. The van der Waals surface area contributed by atoms with E-state index in [0.717, 1.165) is 24.8 Å². The van der Waals surface area contributed by atoms with Gasteiger partial charge in [-0.05, 0) is 43.4 Å². The Kier molecular flexibility index (Phi) is 3.03. The lowest BCUT2D eigenvalue weighted by atomic mass is 9.72. The molecule has 0 N–H and O–H groups in total. The molecule has 90 valence electrons. The molecule has 0 bridgehead atoms. The van der Waals surface area contributed by atoms with Gasteiger partial charge in [-0.15, -0.1) is 0 Å².